The SMILES string of the molecule is O=C(O)OC1=C(SCCCc2ccc3ccccc3c2)N(Cc2cccs2)CC=C1. The largest absolute Gasteiger partial charge is 0.511 e. The van der Waals surface area contributed by atoms with E-state index in [0.717, 1.165) is 36.7 Å². The van der Waals surface area contributed by atoms with E-state index in [2.05, 4.69) is 58.8 Å². The Morgan fingerprint density at radius 1 is 1.13 bits per heavy atom. The number of hydrogen-bond donors (Lipinski definition) is 1. The van der Waals surface area contributed by atoms with Crippen LogP contribution < -0.4 is 0 Å². The number of ether oxygens (including phenoxy) is 1. The number of nitrogens with zero attached hydrogens (tertiary/aromatic N) is 1. The highest BCUT2D eigenvalue weighted by Crippen LogP contribution is 2.31. The molecule has 0 amide bonds. The molecule has 4 rings (SSSR count). The van der Waals surface area contributed by atoms with Crippen LogP contribution in [0.15, 0.2) is 82.9 Å². The van der Waals surface area contributed by atoms with Crippen LogP contribution >= 0.6 is 23.1 Å². The first-order chi connectivity index (χ1) is 14.7. The fourth-order valence-corrected chi connectivity index (χ4v) is 5.27. The Morgan fingerprint density at radius 2 is 2.00 bits per heavy atom. The molecule has 0 bridgehead atoms. The molecule has 1 aliphatic heterocycles. The summed E-state index contributed by atoms with van der Waals surface area (Å²) in [6, 6.07) is 19.2. The molecule has 0 unspecified atom stereocenters. The van der Waals surface area contributed by atoms with Crippen molar-refractivity contribution in [3.8, 4) is 0 Å². The van der Waals surface area contributed by atoms with Gasteiger partial charge in [0.2, 0.25) is 0 Å². The second kappa shape index (κ2) is 9.87. The van der Waals surface area contributed by atoms with Gasteiger partial charge in [-0.15, -0.1) is 23.1 Å². The molecular formula is C24H23NO3S2. The van der Waals surface area contributed by atoms with E-state index in [-0.39, 0.29) is 0 Å². The van der Waals surface area contributed by atoms with Gasteiger partial charge in [-0.3, -0.25) is 0 Å². The summed E-state index contributed by atoms with van der Waals surface area (Å²) >= 11 is 3.38. The molecule has 0 radical (unpaired) electrons. The molecule has 0 aliphatic carbocycles. The van der Waals surface area contributed by atoms with E-state index in [1.54, 1.807) is 29.2 Å². The summed E-state index contributed by atoms with van der Waals surface area (Å²) in [7, 11) is 0. The van der Waals surface area contributed by atoms with Gasteiger partial charge in [0.25, 0.3) is 0 Å². The zero-order valence-corrected chi connectivity index (χ0v) is 18.1. The van der Waals surface area contributed by atoms with Gasteiger partial charge < -0.3 is 14.7 Å². The van der Waals surface area contributed by atoms with Crippen molar-refractivity contribution in [1.29, 1.82) is 0 Å². The summed E-state index contributed by atoms with van der Waals surface area (Å²) in [5.74, 6) is 1.31. The van der Waals surface area contributed by atoms with Crippen molar-refractivity contribution in [2.24, 2.45) is 0 Å². The van der Waals surface area contributed by atoms with Crippen LogP contribution in [0.25, 0.3) is 10.8 Å². The maximum Gasteiger partial charge on any atom is 0.511 e. The highest BCUT2D eigenvalue weighted by molar-refractivity contribution is 8.03. The Kier molecular flexibility index (Phi) is 6.77. The quantitative estimate of drug-likeness (QED) is 0.322. The topological polar surface area (TPSA) is 49.8 Å². The van der Waals surface area contributed by atoms with Gasteiger partial charge >= 0.3 is 6.16 Å². The lowest BCUT2D eigenvalue weighted by molar-refractivity contribution is 0.119. The van der Waals surface area contributed by atoms with Gasteiger partial charge in [-0.05, 0) is 52.5 Å². The zero-order chi connectivity index (χ0) is 20.8. The van der Waals surface area contributed by atoms with E-state index < -0.39 is 6.16 Å². The third-order valence-corrected chi connectivity index (χ3v) is 6.97. The molecular weight excluding hydrogens is 414 g/mol. The van der Waals surface area contributed by atoms with Crippen LogP contribution in [-0.2, 0) is 17.7 Å². The third-order valence-electron chi connectivity index (χ3n) is 4.88. The third kappa shape index (κ3) is 5.26. The summed E-state index contributed by atoms with van der Waals surface area (Å²) in [6.45, 7) is 1.50. The van der Waals surface area contributed by atoms with Crippen LogP contribution in [0.4, 0.5) is 4.79 Å². The van der Waals surface area contributed by atoms with Crippen molar-refractivity contribution < 1.29 is 14.6 Å². The molecule has 154 valence electrons. The molecule has 1 N–H and O–H groups in total. The molecule has 30 heavy (non-hydrogen) atoms. The monoisotopic (exact) mass is 437 g/mol. The minimum absolute atomic E-state index is 0.418. The Hall–Kier alpha value is -2.70. The van der Waals surface area contributed by atoms with Crippen LogP contribution in [0.5, 0.6) is 0 Å². The van der Waals surface area contributed by atoms with Crippen molar-refractivity contribution in [2.75, 3.05) is 12.3 Å². The summed E-state index contributed by atoms with van der Waals surface area (Å²) in [5.41, 5.74) is 1.32. The second-order valence-electron chi connectivity index (χ2n) is 7.03. The fraction of sp³-hybridized carbons (Fsp3) is 0.208. The van der Waals surface area contributed by atoms with Gasteiger partial charge in [0.15, 0.2) is 5.76 Å². The highest BCUT2D eigenvalue weighted by atomic mass is 32.2. The van der Waals surface area contributed by atoms with Crippen molar-refractivity contribution in [2.45, 2.75) is 19.4 Å². The van der Waals surface area contributed by atoms with Crippen LogP contribution in [0, 0.1) is 0 Å². The van der Waals surface area contributed by atoms with E-state index in [0.29, 0.717) is 5.76 Å². The standard InChI is InChI=1S/C24H23NO3S2/c26-24(27)28-22-10-3-13-25(17-21-9-5-14-29-21)23(22)30-15-4-6-18-11-12-19-7-1-2-8-20(19)16-18/h1-3,5,7-12,14,16H,4,6,13,15,17H2,(H,26,27). The fourth-order valence-electron chi connectivity index (χ4n) is 3.50. The number of rotatable bonds is 8. The maximum atomic E-state index is 11.1. The van der Waals surface area contributed by atoms with E-state index in [9.17, 15) is 4.79 Å². The predicted molar refractivity (Wildman–Crippen MR) is 125 cm³/mol. The molecule has 6 heteroatoms. The van der Waals surface area contributed by atoms with Crippen molar-refractivity contribution in [3.63, 3.8) is 0 Å². The Morgan fingerprint density at radius 3 is 2.80 bits per heavy atom. The average Bonchev–Trinajstić information content (AvgIpc) is 3.25. The van der Waals surface area contributed by atoms with Crippen LogP contribution in [0.1, 0.15) is 16.9 Å². The molecule has 0 saturated carbocycles. The number of fused-ring (bicyclic) bond motifs is 1. The van der Waals surface area contributed by atoms with Crippen LogP contribution in [0.3, 0.4) is 0 Å². The molecule has 2 aromatic carbocycles. The molecule has 1 aromatic heterocycles. The minimum Gasteiger partial charge on any atom is -0.449 e. The molecule has 0 spiro atoms. The Bertz CT molecular complexity index is 1070. The summed E-state index contributed by atoms with van der Waals surface area (Å²) in [4.78, 5) is 14.6. The van der Waals surface area contributed by atoms with Gasteiger partial charge in [-0.1, -0.05) is 54.6 Å². The van der Waals surface area contributed by atoms with Crippen molar-refractivity contribution >= 4 is 40.0 Å². The molecule has 3 aromatic rings. The van der Waals surface area contributed by atoms with Crippen molar-refractivity contribution in [3.05, 3.63) is 93.4 Å². The molecule has 0 saturated heterocycles. The first-order valence-electron chi connectivity index (χ1n) is 9.88. The van der Waals surface area contributed by atoms with Crippen molar-refractivity contribution in [1.82, 2.24) is 4.90 Å². The minimum atomic E-state index is -1.28. The predicted octanol–water partition coefficient (Wildman–Crippen LogP) is 6.50. The first kappa shape index (κ1) is 20.6. The van der Waals surface area contributed by atoms with Gasteiger partial charge in [0, 0.05) is 11.4 Å². The zero-order valence-electron chi connectivity index (χ0n) is 16.5. The number of benzene rings is 2. The van der Waals surface area contributed by atoms with Crippen LogP contribution in [0.2, 0.25) is 0 Å². The lowest BCUT2D eigenvalue weighted by Crippen LogP contribution is -2.25. The molecule has 0 fully saturated rings. The molecule has 2 heterocycles. The van der Waals surface area contributed by atoms with Gasteiger partial charge in [-0.25, -0.2) is 4.79 Å². The van der Waals surface area contributed by atoms with Crippen LogP contribution in [-0.4, -0.2) is 28.5 Å². The number of thioether (sulfide) groups is 1. The average molecular weight is 438 g/mol. The second-order valence-corrected chi connectivity index (χ2v) is 9.15. The van der Waals surface area contributed by atoms with E-state index >= 15 is 0 Å². The van der Waals surface area contributed by atoms with E-state index in [1.165, 1.54) is 21.2 Å². The first-order valence-corrected chi connectivity index (χ1v) is 11.7. The number of carbonyl (C=O) groups is 1. The normalized spacial score (nSPS) is 13.8. The van der Waals surface area contributed by atoms with Gasteiger partial charge in [0.1, 0.15) is 5.03 Å². The molecule has 1 aliphatic rings. The maximum absolute atomic E-state index is 11.1. The number of allylic oxidation sites excluding steroid dienone is 1. The highest BCUT2D eigenvalue weighted by Gasteiger charge is 2.21. The lowest BCUT2D eigenvalue weighted by atomic mass is 10.0. The van der Waals surface area contributed by atoms with Gasteiger partial charge in [-0.2, -0.15) is 0 Å². The Labute approximate surface area is 184 Å². The number of carboxylic acid groups (broad SMARTS) is 1. The number of hydrogen-bond acceptors (Lipinski definition) is 5. The Balaban J connectivity index is 1.41. The van der Waals surface area contributed by atoms with E-state index in [4.69, 9.17) is 9.84 Å². The lowest BCUT2D eigenvalue weighted by Gasteiger charge is -2.29. The summed E-state index contributed by atoms with van der Waals surface area (Å²) in [6.07, 6.45) is 4.43. The number of aryl methyl sites for hydroxylation is 1. The smallest absolute Gasteiger partial charge is 0.449 e. The van der Waals surface area contributed by atoms with E-state index in [1.807, 2.05) is 12.1 Å². The molecule has 4 nitrogen and oxygen atoms in total. The van der Waals surface area contributed by atoms with Gasteiger partial charge in [0.05, 0.1) is 6.54 Å². The summed E-state index contributed by atoms with van der Waals surface area (Å²) < 4.78 is 5.07. The number of thiophene rings is 1. The summed E-state index contributed by atoms with van der Waals surface area (Å²) in [5, 5.41) is 14.6. The molecule has 0 atom stereocenters.